The van der Waals surface area contributed by atoms with E-state index in [0.29, 0.717) is 12.1 Å². The Morgan fingerprint density at radius 1 is 1.00 bits per heavy atom. The zero-order valence-electron chi connectivity index (χ0n) is 16.4. The maximum absolute atomic E-state index is 12.6. The lowest BCUT2D eigenvalue weighted by atomic mass is 10.0. The third-order valence-corrected chi connectivity index (χ3v) is 5.35. The van der Waals surface area contributed by atoms with Crippen LogP contribution in [0, 0.1) is 6.92 Å². The SMILES string of the molecule is COc1ccc(C(=O)NCC(c2ccc(C)cc2)N2CCCCCC2)cc1. The van der Waals surface area contributed by atoms with Gasteiger partial charge in [0.2, 0.25) is 0 Å². The van der Waals surface area contributed by atoms with Crippen molar-refractivity contribution in [2.24, 2.45) is 0 Å². The van der Waals surface area contributed by atoms with Crippen molar-refractivity contribution in [3.8, 4) is 5.75 Å². The number of ether oxygens (including phenoxy) is 1. The minimum atomic E-state index is -0.0374. The lowest BCUT2D eigenvalue weighted by molar-refractivity contribution is 0.0933. The molecular weight excluding hydrogens is 336 g/mol. The van der Waals surface area contributed by atoms with Crippen LogP contribution in [0.3, 0.4) is 0 Å². The van der Waals surface area contributed by atoms with Crippen LogP contribution in [0.2, 0.25) is 0 Å². The highest BCUT2D eigenvalue weighted by molar-refractivity contribution is 5.94. The zero-order valence-corrected chi connectivity index (χ0v) is 16.4. The number of hydrogen-bond acceptors (Lipinski definition) is 3. The Morgan fingerprint density at radius 2 is 1.63 bits per heavy atom. The van der Waals surface area contributed by atoms with Gasteiger partial charge in [0.1, 0.15) is 5.75 Å². The molecule has 4 heteroatoms. The Kier molecular flexibility index (Phi) is 6.88. The van der Waals surface area contributed by atoms with Crippen LogP contribution in [-0.4, -0.2) is 37.6 Å². The average Bonchev–Trinajstić information content (AvgIpc) is 2.99. The largest absolute Gasteiger partial charge is 0.497 e. The number of methoxy groups -OCH3 is 1. The molecule has 1 aliphatic rings. The second-order valence-electron chi connectivity index (χ2n) is 7.32. The summed E-state index contributed by atoms with van der Waals surface area (Å²) in [4.78, 5) is 15.1. The van der Waals surface area contributed by atoms with Crippen molar-refractivity contribution in [3.63, 3.8) is 0 Å². The fraction of sp³-hybridized carbons (Fsp3) is 0.435. The number of hydrogen-bond donors (Lipinski definition) is 1. The molecule has 1 fully saturated rings. The van der Waals surface area contributed by atoms with Gasteiger partial charge in [-0.25, -0.2) is 0 Å². The van der Waals surface area contributed by atoms with Crippen LogP contribution >= 0.6 is 0 Å². The van der Waals surface area contributed by atoms with Crippen molar-refractivity contribution in [1.29, 1.82) is 0 Å². The van der Waals surface area contributed by atoms with Crippen molar-refractivity contribution in [2.75, 3.05) is 26.7 Å². The average molecular weight is 367 g/mol. The van der Waals surface area contributed by atoms with Crippen molar-refractivity contribution >= 4 is 5.91 Å². The molecule has 0 aliphatic carbocycles. The molecule has 1 aliphatic heterocycles. The first-order valence-corrected chi connectivity index (χ1v) is 9.90. The maximum atomic E-state index is 12.6. The first kappa shape index (κ1) is 19.4. The molecule has 0 spiro atoms. The van der Waals surface area contributed by atoms with Crippen molar-refractivity contribution in [3.05, 3.63) is 65.2 Å². The highest BCUT2D eigenvalue weighted by atomic mass is 16.5. The number of likely N-dealkylation sites (tertiary alicyclic amines) is 1. The fourth-order valence-electron chi connectivity index (χ4n) is 3.69. The van der Waals surface area contributed by atoms with Gasteiger partial charge in [-0.2, -0.15) is 0 Å². The second kappa shape index (κ2) is 9.56. The molecule has 1 atom stereocenters. The molecule has 3 rings (SSSR count). The highest BCUT2D eigenvalue weighted by Gasteiger charge is 2.22. The molecule has 0 aromatic heterocycles. The molecular formula is C23H30N2O2. The van der Waals surface area contributed by atoms with Crippen LogP contribution in [-0.2, 0) is 0 Å². The molecule has 0 bridgehead atoms. The summed E-state index contributed by atoms with van der Waals surface area (Å²) in [5.41, 5.74) is 3.20. The summed E-state index contributed by atoms with van der Waals surface area (Å²) in [6, 6.07) is 16.2. The monoisotopic (exact) mass is 366 g/mol. The smallest absolute Gasteiger partial charge is 0.251 e. The van der Waals surface area contributed by atoms with E-state index in [1.54, 1.807) is 19.2 Å². The van der Waals surface area contributed by atoms with Gasteiger partial charge in [0, 0.05) is 12.1 Å². The molecule has 1 heterocycles. The Morgan fingerprint density at radius 3 is 2.22 bits per heavy atom. The lowest BCUT2D eigenvalue weighted by Crippen LogP contribution is -2.38. The van der Waals surface area contributed by atoms with Crippen molar-refractivity contribution < 1.29 is 9.53 Å². The summed E-state index contributed by atoms with van der Waals surface area (Å²) in [6.45, 7) is 4.91. The zero-order chi connectivity index (χ0) is 19.1. The van der Waals surface area contributed by atoms with Gasteiger partial charge in [-0.05, 0) is 62.7 Å². The number of nitrogens with one attached hydrogen (secondary N) is 1. The summed E-state index contributed by atoms with van der Waals surface area (Å²) in [6.07, 6.45) is 5.06. The topological polar surface area (TPSA) is 41.6 Å². The lowest BCUT2D eigenvalue weighted by Gasteiger charge is -2.31. The first-order valence-electron chi connectivity index (χ1n) is 9.90. The van der Waals surface area contributed by atoms with Crippen LogP contribution < -0.4 is 10.1 Å². The van der Waals surface area contributed by atoms with Gasteiger partial charge in [-0.3, -0.25) is 9.69 Å². The first-order chi connectivity index (χ1) is 13.2. The van der Waals surface area contributed by atoms with E-state index in [1.165, 1.54) is 36.8 Å². The number of rotatable bonds is 6. The van der Waals surface area contributed by atoms with Crippen LogP contribution in [0.5, 0.6) is 5.75 Å². The fourth-order valence-corrected chi connectivity index (χ4v) is 3.69. The summed E-state index contributed by atoms with van der Waals surface area (Å²) >= 11 is 0. The number of amides is 1. The Bertz CT molecular complexity index is 717. The summed E-state index contributed by atoms with van der Waals surface area (Å²) < 4.78 is 5.17. The molecule has 27 heavy (non-hydrogen) atoms. The van der Waals surface area contributed by atoms with E-state index in [1.807, 2.05) is 12.1 Å². The third kappa shape index (κ3) is 5.33. The molecule has 0 radical (unpaired) electrons. The standard InChI is InChI=1S/C23H30N2O2/c1-18-7-9-19(10-8-18)22(25-15-5-3-4-6-16-25)17-24-23(26)20-11-13-21(27-2)14-12-20/h7-14,22H,3-6,15-17H2,1-2H3,(H,24,26). The highest BCUT2D eigenvalue weighted by Crippen LogP contribution is 2.24. The van der Waals surface area contributed by atoms with Gasteiger partial charge in [0.15, 0.2) is 0 Å². The molecule has 1 N–H and O–H groups in total. The Balaban J connectivity index is 1.71. The van der Waals surface area contributed by atoms with E-state index < -0.39 is 0 Å². The van der Waals surface area contributed by atoms with E-state index >= 15 is 0 Å². The van der Waals surface area contributed by atoms with Gasteiger partial charge in [-0.1, -0.05) is 42.7 Å². The van der Waals surface area contributed by atoms with Crippen molar-refractivity contribution in [1.82, 2.24) is 10.2 Å². The molecule has 1 unspecified atom stereocenters. The third-order valence-electron chi connectivity index (χ3n) is 5.35. The quantitative estimate of drug-likeness (QED) is 0.826. The van der Waals surface area contributed by atoms with E-state index in [0.717, 1.165) is 18.8 Å². The molecule has 4 nitrogen and oxygen atoms in total. The van der Waals surface area contributed by atoms with E-state index in [9.17, 15) is 4.79 Å². The molecule has 1 saturated heterocycles. The normalized spacial score (nSPS) is 16.4. The number of benzene rings is 2. The number of carbonyl (C=O) groups is 1. The van der Waals surface area contributed by atoms with Crippen molar-refractivity contribution in [2.45, 2.75) is 38.6 Å². The van der Waals surface area contributed by atoms with E-state index in [4.69, 9.17) is 4.74 Å². The van der Waals surface area contributed by atoms with Gasteiger partial charge >= 0.3 is 0 Å². The number of nitrogens with zero attached hydrogens (tertiary/aromatic N) is 1. The van der Waals surface area contributed by atoms with Gasteiger partial charge in [-0.15, -0.1) is 0 Å². The predicted molar refractivity (Wildman–Crippen MR) is 109 cm³/mol. The van der Waals surface area contributed by atoms with Crippen LogP contribution in [0.1, 0.15) is 53.2 Å². The van der Waals surface area contributed by atoms with Crippen LogP contribution in [0.4, 0.5) is 0 Å². The van der Waals surface area contributed by atoms with Gasteiger partial charge in [0.25, 0.3) is 5.91 Å². The maximum Gasteiger partial charge on any atom is 0.251 e. The second-order valence-corrected chi connectivity index (χ2v) is 7.32. The van der Waals surface area contributed by atoms with Crippen LogP contribution in [0.15, 0.2) is 48.5 Å². The van der Waals surface area contributed by atoms with E-state index in [-0.39, 0.29) is 11.9 Å². The Labute approximate surface area is 162 Å². The molecule has 144 valence electrons. The van der Waals surface area contributed by atoms with E-state index in [2.05, 4.69) is 41.4 Å². The molecule has 2 aromatic carbocycles. The summed E-state index contributed by atoms with van der Waals surface area (Å²) in [5, 5.41) is 3.15. The molecule has 1 amide bonds. The predicted octanol–water partition coefficient (Wildman–Crippen LogP) is 4.35. The Hall–Kier alpha value is -2.33. The summed E-state index contributed by atoms with van der Waals surface area (Å²) in [5.74, 6) is 0.721. The molecule has 0 saturated carbocycles. The summed E-state index contributed by atoms with van der Waals surface area (Å²) in [7, 11) is 1.63. The minimum absolute atomic E-state index is 0.0374. The van der Waals surface area contributed by atoms with Gasteiger partial charge in [0.05, 0.1) is 13.2 Å². The minimum Gasteiger partial charge on any atom is -0.497 e. The molecule has 2 aromatic rings. The van der Waals surface area contributed by atoms with Gasteiger partial charge < -0.3 is 10.1 Å². The number of carbonyl (C=O) groups excluding carboxylic acids is 1. The van der Waals surface area contributed by atoms with Crippen LogP contribution in [0.25, 0.3) is 0 Å². The number of aryl methyl sites for hydroxylation is 1.